The van der Waals surface area contributed by atoms with Crippen LogP contribution in [0.4, 0.5) is 5.69 Å². The number of nitrogens with one attached hydrogen (secondary N) is 1. The number of amides is 2. The number of sulfonamides is 1. The summed E-state index contributed by atoms with van der Waals surface area (Å²) in [6, 6.07) is 11.7. The van der Waals surface area contributed by atoms with Crippen molar-refractivity contribution in [1.82, 2.24) is 10.2 Å². The van der Waals surface area contributed by atoms with Crippen LogP contribution in [0.1, 0.15) is 37.5 Å². The number of methoxy groups -OCH3 is 1. The molecular weight excluding hydrogens is 454 g/mol. The summed E-state index contributed by atoms with van der Waals surface area (Å²) in [5.41, 5.74) is 2.71. The van der Waals surface area contributed by atoms with Gasteiger partial charge in [0.1, 0.15) is 18.3 Å². The van der Waals surface area contributed by atoms with Crippen LogP contribution in [0.25, 0.3) is 0 Å². The van der Waals surface area contributed by atoms with Gasteiger partial charge >= 0.3 is 0 Å². The molecule has 0 aliphatic rings. The Hall–Kier alpha value is -3.07. The van der Waals surface area contributed by atoms with Crippen LogP contribution >= 0.6 is 0 Å². The lowest BCUT2D eigenvalue weighted by Crippen LogP contribution is -2.52. The van der Waals surface area contributed by atoms with Crippen molar-refractivity contribution in [2.24, 2.45) is 0 Å². The molecule has 1 atom stereocenters. The fraction of sp³-hybridized carbons (Fsp3) is 0.440. The van der Waals surface area contributed by atoms with Crippen molar-refractivity contribution in [3.63, 3.8) is 0 Å². The largest absolute Gasteiger partial charge is 0.497 e. The van der Waals surface area contributed by atoms with E-state index in [1.807, 2.05) is 26.0 Å². The molecule has 0 aliphatic carbocycles. The topological polar surface area (TPSA) is 96.0 Å². The lowest BCUT2D eigenvalue weighted by Gasteiger charge is -2.32. The Labute approximate surface area is 202 Å². The minimum Gasteiger partial charge on any atom is -0.497 e. The Bertz CT molecular complexity index is 1110. The summed E-state index contributed by atoms with van der Waals surface area (Å²) < 4.78 is 31.9. The van der Waals surface area contributed by atoms with Crippen molar-refractivity contribution < 1.29 is 22.7 Å². The number of carbonyl (C=O) groups is 2. The molecule has 0 unspecified atom stereocenters. The van der Waals surface area contributed by atoms with E-state index in [1.54, 1.807) is 58.2 Å². The highest BCUT2D eigenvalue weighted by Gasteiger charge is 2.31. The van der Waals surface area contributed by atoms with Gasteiger partial charge in [-0.2, -0.15) is 0 Å². The van der Waals surface area contributed by atoms with E-state index in [9.17, 15) is 18.0 Å². The third kappa shape index (κ3) is 6.96. The van der Waals surface area contributed by atoms with Crippen LogP contribution in [0.15, 0.2) is 42.5 Å². The molecule has 8 nitrogen and oxygen atoms in total. The van der Waals surface area contributed by atoms with E-state index in [2.05, 4.69) is 5.32 Å². The molecule has 0 aliphatic heterocycles. The van der Waals surface area contributed by atoms with Gasteiger partial charge in [0.05, 0.1) is 19.1 Å². The Morgan fingerprint density at radius 1 is 1.03 bits per heavy atom. The van der Waals surface area contributed by atoms with Gasteiger partial charge in [0.15, 0.2) is 0 Å². The summed E-state index contributed by atoms with van der Waals surface area (Å²) in [5.74, 6) is -0.177. The van der Waals surface area contributed by atoms with Gasteiger partial charge < -0.3 is 15.0 Å². The molecule has 0 saturated carbocycles. The minimum absolute atomic E-state index is 0.106. The summed E-state index contributed by atoms with van der Waals surface area (Å²) >= 11 is 0. The van der Waals surface area contributed by atoms with Crippen LogP contribution in [-0.4, -0.2) is 57.1 Å². The van der Waals surface area contributed by atoms with Crippen LogP contribution in [0.5, 0.6) is 5.75 Å². The number of hydrogen-bond donors (Lipinski definition) is 1. The van der Waals surface area contributed by atoms with Crippen molar-refractivity contribution in [3.05, 3.63) is 59.2 Å². The molecule has 0 bridgehead atoms. The molecule has 2 aromatic carbocycles. The third-order valence-electron chi connectivity index (χ3n) is 5.45. The number of rotatable bonds is 10. The zero-order chi connectivity index (χ0) is 25.6. The van der Waals surface area contributed by atoms with Crippen LogP contribution in [0.3, 0.4) is 0 Å². The van der Waals surface area contributed by atoms with E-state index in [0.717, 1.165) is 27.3 Å². The Morgan fingerprint density at radius 3 is 2.15 bits per heavy atom. The average molecular weight is 490 g/mol. The van der Waals surface area contributed by atoms with Gasteiger partial charge in [0, 0.05) is 12.6 Å². The maximum absolute atomic E-state index is 13.6. The zero-order valence-electron chi connectivity index (χ0n) is 21.0. The zero-order valence-corrected chi connectivity index (χ0v) is 21.8. The SMILES string of the molecule is COc1cccc(CN(C(=O)CN(c2c(C)cccc2C)S(C)(=O)=O)[C@H](C)C(=O)NC(C)C)c1. The molecule has 1 N–H and O–H groups in total. The first kappa shape index (κ1) is 27.2. The molecule has 0 saturated heterocycles. The number of hydrogen-bond acceptors (Lipinski definition) is 5. The molecule has 34 heavy (non-hydrogen) atoms. The fourth-order valence-corrected chi connectivity index (χ4v) is 4.69. The minimum atomic E-state index is -3.77. The number of anilines is 1. The fourth-order valence-electron chi connectivity index (χ4n) is 3.73. The highest BCUT2D eigenvalue weighted by atomic mass is 32.2. The molecule has 2 aromatic rings. The monoisotopic (exact) mass is 489 g/mol. The second kappa shape index (κ2) is 11.4. The number of carbonyl (C=O) groups excluding carboxylic acids is 2. The number of nitrogens with zero attached hydrogens (tertiary/aromatic N) is 2. The van der Waals surface area contributed by atoms with E-state index >= 15 is 0 Å². The van der Waals surface area contributed by atoms with Gasteiger partial charge in [-0.15, -0.1) is 0 Å². The predicted octanol–water partition coefficient (Wildman–Crippen LogP) is 3.02. The highest BCUT2D eigenvalue weighted by molar-refractivity contribution is 7.92. The second-order valence-corrected chi connectivity index (χ2v) is 10.6. The molecule has 0 spiro atoms. The molecule has 2 amide bonds. The Balaban J connectivity index is 2.46. The summed E-state index contributed by atoms with van der Waals surface area (Å²) in [4.78, 5) is 27.8. The van der Waals surface area contributed by atoms with E-state index in [0.29, 0.717) is 11.4 Å². The number of aryl methyl sites for hydroxylation is 2. The van der Waals surface area contributed by atoms with Crippen molar-refractivity contribution in [2.75, 3.05) is 24.2 Å². The summed E-state index contributed by atoms with van der Waals surface area (Å²) in [6.45, 7) is 8.62. The number of benzene rings is 2. The highest BCUT2D eigenvalue weighted by Crippen LogP contribution is 2.27. The summed E-state index contributed by atoms with van der Waals surface area (Å²) in [7, 11) is -2.22. The van der Waals surface area contributed by atoms with E-state index < -0.39 is 28.5 Å². The second-order valence-electron chi connectivity index (χ2n) is 8.72. The van der Waals surface area contributed by atoms with Gasteiger partial charge in [-0.3, -0.25) is 13.9 Å². The Morgan fingerprint density at radius 2 is 1.62 bits per heavy atom. The Kier molecular flexibility index (Phi) is 9.09. The maximum Gasteiger partial charge on any atom is 0.244 e. The van der Waals surface area contributed by atoms with Crippen molar-refractivity contribution >= 4 is 27.5 Å². The molecular formula is C25H35N3O5S. The molecule has 0 aromatic heterocycles. The van der Waals surface area contributed by atoms with E-state index in [-0.39, 0.29) is 18.5 Å². The van der Waals surface area contributed by atoms with Gasteiger partial charge in [0.25, 0.3) is 0 Å². The summed E-state index contributed by atoms with van der Waals surface area (Å²) in [5, 5.41) is 2.83. The first-order valence-electron chi connectivity index (χ1n) is 11.1. The van der Waals surface area contributed by atoms with E-state index in [4.69, 9.17) is 4.74 Å². The standard InChI is InChI=1S/C25H35N3O5S/c1-17(2)26-25(30)20(5)27(15-21-12-9-13-22(14-21)33-6)23(29)16-28(34(7,31)32)24-18(3)10-8-11-19(24)4/h8-14,17,20H,15-16H2,1-7H3,(H,26,30)/t20-/m1/s1. The first-order valence-corrected chi connectivity index (χ1v) is 13.0. The van der Waals surface area contributed by atoms with Crippen LogP contribution in [-0.2, 0) is 26.2 Å². The molecule has 186 valence electrons. The first-order chi connectivity index (χ1) is 15.8. The van der Waals surface area contributed by atoms with Crippen LogP contribution in [0.2, 0.25) is 0 Å². The van der Waals surface area contributed by atoms with Crippen LogP contribution in [0, 0.1) is 13.8 Å². The van der Waals surface area contributed by atoms with Crippen molar-refractivity contribution in [1.29, 1.82) is 0 Å². The molecule has 0 radical (unpaired) electrons. The van der Waals surface area contributed by atoms with E-state index in [1.165, 1.54) is 4.90 Å². The lowest BCUT2D eigenvalue weighted by molar-refractivity contribution is -0.139. The molecule has 0 fully saturated rings. The molecule has 2 rings (SSSR count). The predicted molar refractivity (Wildman–Crippen MR) is 134 cm³/mol. The molecule has 9 heteroatoms. The lowest BCUT2D eigenvalue weighted by atomic mass is 10.1. The molecule has 0 heterocycles. The van der Waals surface area contributed by atoms with Gasteiger partial charge in [-0.05, 0) is 63.4 Å². The van der Waals surface area contributed by atoms with Gasteiger partial charge in [-0.25, -0.2) is 8.42 Å². The summed E-state index contributed by atoms with van der Waals surface area (Å²) in [6.07, 6.45) is 1.08. The van der Waals surface area contributed by atoms with Crippen molar-refractivity contribution in [3.8, 4) is 5.75 Å². The van der Waals surface area contributed by atoms with Crippen LogP contribution < -0.4 is 14.4 Å². The maximum atomic E-state index is 13.6. The van der Waals surface area contributed by atoms with Gasteiger partial charge in [-0.1, -0.05) is 30.3 Å². The number of ether oxygens (including phenoxy) is 1. The average Bonchev–Trinajstić information content (AvgIpc) is 2.75. The third-order valence-corrected chi connectivity index (χ3v) is 6.57. The number of para-hydroxylation sites is 1. The van der Waals surface area contributed by atoms with Crippen molar-refractivity contribution in [2.45, 2.75) is 53.2 Å². The smallest absolute Gasteiger partial charge is 0.244 e. The normalized spacial score (nSPS) is 12.2. The van der Waals surface area contributed by atoms with Gasteiger partial charge in [0.2, 0.25) is 21.8 Å². The quantitative estimate of drug-likeness (QED) is 0.554.